The Hall–Kier alpha value is -4.53. The number of piperazine rings is 1. The predicted molar refractivity (Wildman–Crippen MR) is 282 cm³/mol. The van der Waals surface area contributed by atoms with Crippen LogP contribution in [0.1, 0.15) is 123 Å². The molecule has 5 atom stereocenters. The number of carbonyl (C=O) groups excluding carboxylic acids is 3. The van der Waals surface area contributed by atoms with Crippen LogP contribution in [0.3, 0.4) is 0 Å². The summed E-state index contributed by atoms with van der Waals surface area (Å²) in [6.07, 6.45) is 6.08. The zero-order valence-corrected chi connectivity index (χ0v) is 45.2. The molecule has 2 aliphatic carbocycles. The van der Waals surface area contributed by atoms with Gasteiger partial charge in [0.15, 0.2) is 0 Å². The van der Waals surface area contributed by atoms with Crippen molar-refractivity contribution < 1.29 is 44.2 Å². The molecule has 400 valence electrons. The van der Waals surface area contributed by atoms with Crippen molar-refractivity contribution >= 4 is 45.7 Å². The van der Waals surface area contributed by atoms with Crippen LogP contribution in [0.4, 0.5) is 5.69 Å². The number of benzene rings is 1. The summed E-state index contributed by atoms with van der Waals surface area (Å²) in [7, 11) is 1.73. The minimum atomic E-state index is -1.26. The van der Waals surface area contributed by atoms with Gasteiger partial charge in [0.25, 0.3) is 11.8 Å². The van der Waals surface area contributed by atoms with E-state index in [0.29, 0.717) is 81.8 Å². The fourth-order valence-corrected chi connectivity index (χ4v) is 13.3. The average Bonchev–Trinajstić information content (AvgIpc) is 4.00. The van der Waals surface area contributed by atoms with E-state index in [-0.39, 0.29) is 25.4 Å². The Morgan fingerprint density at radius 2 is 1.82 bits per heavy atom. The number of amides is 2. The smallest absolute Gasteiger partial charge is 0.324 e. The number of methoxy groups -OCH3 is 1. The number of ether oxygens (including phenoxy) is 6. The fraction of sp³-hybridized carbons (Fsp3) is 0.661. The Kier molecular flexibility index (Phi) is 14.1. The highest BCUT2D eigenvalue weighted by molar-refractivity contribution is 7.10. The first-order chi connectivity index (χ1) is 36.0. The van der Waals surface area contributed by atoms with E-state index in [2.05, 4.69) is 70.1 Å². The van der Waals surface area contributed by atoms with Gasteiger partial charge in [-0.2, -0.15) is 0 Å². The molecule has 5 saturated heterocycles. The zero-order valence-electron chi connectivity index (χ0n) is 45.3. The number of rotatable bonds is 13. The molecule has 6 aliphatic heterocycles. The Bertz CT molecular complexity index is 2770. The molecule has 9 heterocycles. The number of hydrogen-bond donors (Lipinski definition) is 2. The molecule has 8 aliphatic rings. The van der Waals surface area contributed by atoms with E-state index in [4.69, 9.17) is 39.8 Å². The van der Waals surface area contributed by atoms with E-state index in [1.807, 2.05) is 25.4 Å². The number of hydrogen-bond acceptors (Lipinski definition) is 15. The van der Waals surface area contributed by atoms with E-state index in [1.54, 1.807) is 14.0 Å². The van der Waals surface area contributed by atoms with Gasteiger partial charge in [-0.3, -0.25) is 29.3 Å². The molecule has 3 aromatic heterocycles. The van der Waals surface area contributed by atoms with Crippen LogP contribution < -0.4 is 15.6 Å². The molecule has 74 heavy (non-hydrogen) atoms. The topological polar surface area (TPSA) is 171 Å². The normalized spacial score (nSPS) is 30.4. The molecule has 12 rings (SSSR count). The van der Waals surface area contributed by atoms with Gasteiger partial charge in [-0.15, -0.1) is 11.3 Å². The minimum absolute atomic E-state index is 0.109. The van der Waals surface area contributed by atoms with Crippen LogP contribution >= 0.6 is 11.3 Å². The van der Waals surface area contributed by atoms with Gasteiger partial charge in [0, 0.05) is 110 Å². The van der Waals surface area contributed by atoms with E-state index >= 15 is 0 Å². The molecule has 18 heteroatoms. The summed E-state index contributed by atoms with van der Waals surface area (Å²) in [6.45, 7) is 18.8. The highest BCUT2D eigenvalue weighted by atomic mass is 32.1. The third kappa shape index (κ3) is 10.0. The second kappa shape index (κ2) is 20.8. The molecular weight excluding hydrogens is 961 g/mol. The molecule has 2 amide bonds. The summed E-state index contributed by atoms with van der Waals surface area (Å²) in [5.74, 6) is -1.39. The van der Waals surface area contributed by atoms with Crippen LogP contribution in [-0.2, 0) is 55.8 Å². The Balaban J connectivity index is 1.04. The maximum absolute atomic E-state index is 15.0. The molecule has 2 saturated carbocycles. The van der Waals surface area contributed by atoms with E-state index in [1.165, 1.54) is 29.2 Å². The SMILES string of the molecule is [2H][C@@]1(C)OC2(C(=O)N[C@@H]3C(=O)N4CCC[C@H](N4)C(=O)OCC(C)(C)Cc4c(-c5cc(N6CCN(C7CC7)CC6)cnc5[C@H](C)OC)n(CCOC5CCOCC5)c5ccc(cc45)-c4csc(n4)[C@H]3OCC)CC1(C)C2. The zero-order chi connectivity index (χ0) is 52.4. The highest BCUT2D eigenvalue weighted by Crippen LogP contribution is 2.61. The predicted octanol–water partition coefficient (Wildman–Crippen LogP) is 7.16. The van der Waals surface area contributed by atoms with Gasteiger partial charge < -0.3 is 43.2 Å². The van der Waals surface area contributed by atoms with Gasteiger partial charge in [-0.05, 0) is 102 Å². The second-order valence-corrected chi connectivity index (χ2v) is 23.8. The fourth-order valence-electron chi connectivity index (χ4n) is 12.4. The molecule has 8 bridgehead atoms. The highest BCUT2D eigenvalue weighted by Gasteiger charge is 2.68. The lowest BCUT2D eigenvalue weighted by Crippen LogP contribution is -2.64. The summed E-state index contributed by atoms with van der Waals surface area (Å²) in [5, 5.41) is 8.02. The number of thiazole rings is 1. The van der Waals surface area contributed by atoms with Crippen molar-refractivity contribution in [3.63, 3.8) is 0 Å². The third-order valence-electron chi connectivity index (χ3n) is 16.9. The number of carbonyl (C=O) groups is 3. The maximum Gasteiger partial charge on any atom is 0.324 e. The first-order valence-corrected chi connectivity index (χ1v) is 28.1. The Morgan fingerprint density at radius 1 is 1.04 bits per heavy atom. The van der Waals surface area contributed by atoms with Crippen molar-refractivity contribution in [2.24, 2.45) is 10.8 Å². The summed E-state index contributed by atoms with van der Waals surface area (Å²) in [4.78, 5) is 59.4. The standard InChI is InChI=1S/C56H76N8O9S/c1-8-70-49-47(59-53(67)56-31-55(6,32-56)35(3)73-56)51(65)64-17-9-10-43(60-64)52(66)72-33-54(4,5)28-42-40-26-36(44-30-74-50(49)58-44)11-14-45(40)63(22-25-71-39-15-23-69-24-16-39)48(42)41-27-38(29-57-46(41)34(2)68-7)62-20-18-61(19-21-62)37-12-13-37/h11,14,26-27,29-30,34-35,37,39,43,47,49,60H,8-10,12-13,15-25,28,31-33H2,1-7H3,(H,59,67)/t34-,35-,43-,47-,49-,55?,56?/m0/s1/i35D. The molecule has 0 unspecified atom stereocenters. The number of esters is 1. The quantitative estimate of drug-likeness (QED) is 0.129. The number of nitrogens with one attached hydrogen (secondary N) is 2. The van der Waals surface area contributed by atoms with Crippen molar-refractivity contribution in [2.45, 2.75) is 154 Å². The van der Waals surface area contributed by atoms with Gasteiger partial charge in [-0.25, -0.2) is 10.4 Å². The Morgan fingerprint density at radius 3 is 2.54 bits per heavy atom. The summed E-state index contributed by atoms with van der Waals surface area (Å²) in [6, 6.07) is 7.46. The van der Waals surface area contributed by atoms with Crippen LogP contribution in [0.15, 0.2) is 35.8 Å². The number of cyclic esters (lactones) is 1. The summed E-state index contributed by atoms with van der Waals surface area (Å²) in [5.41, 5.74) is 8.48. The van der Waals surface area contributed by atoms with Crippen LogP contribution in [-0.4, -0.2) is 151 Å². The molecule has 0 spiro atoms. The number of aromatic nitrogens is 3. The van der Waals surface area contributed by atoms with Crippen molar-refractivity contribution in [3.8, 4) is 22.5 Å². The lowest BCUT2D eigenvalue weighted by molar-refractivity contribution is -0.159. The molecule has 7 fully saturated rings. The second-order valence-electron chi connectivity index (χ2n) is 22.9. The summed E-state index contributed by atoms with van der Waals surface area (Å²) >= 11 is 1.37. The monoisotopic (exact) mass is 1040 g/mol. The molecule has 2 N–H and O–H groups in total. The van der Waals surface area contributed by atoms with Gasteiger partial charge in [0.05, 0.1) is 61.8 Å². The molecular formula is C56H76N8O9S. The first-order valence-electron chi connectivity index (χ1n) is 27.7. The van der Waals surface area contributed by atoms with E-state index < -0.39 is 58.5 Å². The average molecular weight is 1040 g/mol. The van der Waals surface area contributed by atoms with Gasteiger partial charge in [-0.1, -0.05) is 26.8 Å². The number of hydrazine groups is 1. The molecule has 1 aromatic carbocycles. The number of nitrogens with zero attached hydrogens (tertiary/aromatic N) is 6. The maximum atomic E-state index is 15.0. The largest absolute Gasteiger partial charge is 0.464 e. The van der Waals surface area contributed by atoms with Crippen molar-refractivity contribution in [3.05, 3.63) is 52.1 Å². The van der Waals surface area contributed by atoms with Crippen LogP contribution in [0.25, 0.3) is 33.4 Å². The number of anilines is 1. The Labute approximate surface area is 440 Å². The van der Waals surface area contributed by atoms with Crippen LogP contribution in [0.2, 0.25) is 0 Å². The van der Waals surface area contributed by atoms with Gasteiger partial charge in [0.2, 0.25) is 0 Å². The van der Waals surface area contributed by atoms with Crippen molar-refractivity contribution in [1.82, 2.24) is 35.2 Å². The van der Waals surface area contributed by atoms with Gasteiger partial charge in [0.1, 0.15) is 28.8 Å². The summed E-state index contributed by atoms with van der Waals surface area (Å²) < 4.78 is 48.6. The van der Waals surface area contributed by atoms with Crippen molar-refractivity contribution in [1.29, 1.82) is 0 Å². The number of fused-ring (bicyclic) bond motifs is 7. The van der Waals surface area contributed by atoms with Gasteiger partial charge >= 0.3 is 5.97 Å². The molecule has 4 aromatic rings. The molecule has 0 radical (unpaired) electrons. The third-order valence-corrected chi connectivity index (χ3v) is 17.8. The lowest BCUT2D eigenvalue weighted by Gasteiger charge is -2.43. The lowest BCUT2D eigenvalue weighted by atomic mass is 9.61. The van der Waals surface area contributed by atoms with Crippen molar-refractivity contribution in [2.75, 3.05) is 77.8 Å². The minimum Gasteiger partial charge on any atom is -0.464 e. The number of pyridine rings is 1. The van der Waals surface area contributed by atoms with E-state index in [0.717, 1.165) is 83.7 Å². The van der Waals surface area contributed by atoms with Crippen LogP contribution in [0.5, 0.6) is 0 Å². The van der Waals surface area contributed by atoms with E-state index in [9.17, 15) is 14.4 Å². The first kappa shape index (κ1) is 50.3. The van der Waals surface area contributed by atoms with Crippen LogP contribution in [0, 0.1) is 10.8 Å². The molecule has 17 nitrogen and oxygen atoms in total.